The van der Waals surface area contributed by atoms with E-state index in [0.717, 1.165) is 5.92 Å². The van der Waals surface area contributed by atoms with Crippen molar-refractivity contribution >= 4 is 5.91 Å². The zero-order valence-corrected chi connectivity index (χ0v) is 10.7. The van der Waals surface area contributed by atoms with Gasteiger partial charge in [0.15, 0.2) is 0 Å². The lowest BCUT2D eigenvalue weighted by Gasteiger charge is -2.32. The zero-order chi connectivity index (χ0) is 12.0. The van der Waals surface area contributed by atoms with Gasteiger partial charge < -0.3 is 11.1 Å². The second kappa shape index (κ2) is 6.89. The SMILES string of the molecule is CC(NC(=O)CCN)C(C)C1CCCCC1. The van der Waals surface area contributed by atoms with Crippen LogP contribution in [-0.2, 0) is 4.79 Å². The Hall–Kier alpha value is -0.570. The Kier molecular flexibility index (Phi) is 5.81. The average molecular weight is 226 g/mol. The molecule has 1 fully saturated rings. The van der Waals surface area contributed by atoms with Crippen molar-refractivity contribution in [2.24, 2.45) is 17.6 Å². The Morgan fingerprint density at radius 1 is 1.31 bits per heavy atom. The van der Waals surface area contributed by atoms with E-state index >= 15 is 0 Å². The molecule has 0 aromatic rings. The largest absolute Gasteiger partial charge is 0.353 e. The molecule has 1 aliphatic rings. The molecule has 0 aromatic carbocycles. The molecule has 2 atom stereocenters. The van der Waals surface area contributed by atoms with Crippen LogP contribution in [0.1, 0.15) is 52.4 Å². The highest BCUT2D eigenvalue weighted by Crippen LogP contribution is 2.31. The second-order valence-corrected chi connectivity index (χ2v) is 5.15. The first-order valence-electron chi connectivity index (χ1n) is 6.64. The number of carbonyl (C=O) groups is 1. The normalized spacial score (nSPS) is 21.4. The maximum Gasteiger partial charge on any atom is 0.221 e. The van der Waals surface area contributed by atoms with Crippen LogP contribution in [0.5, 0.6) is 0 Å². The van der Waals surface area contributed by atoms with Gasteiger partial charge in [-0.3, -0.25) is 4.79 Å². The van der Waals surface area contributed by atoms with Crippen molar-refractivity contribution in [3.63, 3.8) is 0 Å². The van der Waals surface area contributed by atoms with Gasteiger partial charge in [-0.25, -0.2) is 0 Å². The van der Waals surface area contributed by atoms with Crippen LogP contribution in [0.4, 0.5) is 0 Å². The topological polar surface area (TPSA) is 55.1 Å². The molecule has 94 valence electrons. The predicted molar refractivity (Wildman–Crippen MR) is 67.0 cm³/mol. The average Bonchev–Trinajstić information content (AvgIpc) is 2.29. The molecule has 16 heavy (non-hydrogen) atoms. The van der Waals surface area contributed by atoms with Gasteiger partial charge in [0, 0.05) is 19.0 Å². The van der Waals surface area contributed by atoms with Gasteiger partial charge in [-0.2, -0.15) is 0 Å². The highest BCUT2D eigenvalue weighted by molar-refractivity contribution is 5.76. The van der Waals surface area contributed by atoms with Crippen LogP contribution in [0.3, 0.4) is 0 Å². The van der Waals surface area contributed by atoms with Gasteiger partial charge in [0.1, 0.15) is 0 Å². The molecule has 3 heteroatoms. The summed E-state index contributed by atoms with van der Waals surface area (Å²) in [6.45, 7) is 4.83. The first kappa shape index (κ1) is 13.5. The number of hydrogen-bond donors (Lipinski definition) is 2. The number of rotatable bonds is 5. The molecular weight excluding hydrogens is 200 g/mol. The fraction of sp³-hybridized carbons (Fsp3) is 0.923. The lowest BCUT2D eigenvalue weighted by molar-refractivity contribution is -0.121. The van der Waals surface area contributed by atoms with Crippen LogP contribution in [0.25, 0.3) is 0 Å². The van der Waals surface area contributed by atoms with Crippen LogP contribution in [0.2, 0.25) is 0 Å². The lowest BCUT2D eigenvalue weighted by atomic mass is 9.78. The van der Waals surface area contributed by atoms with Gasteiger partial charge in [0.25, 0.3) is 0 Å². The predicted octanol–water partition coefficient (Wildman–Crippen LogP) is 2.06. The van der Waals surface area contributed by atoms with E-state index in [2.05, 4.69) is 19.2 Å². The molecule has 0 heterocycles. The van der Waals surface area contributed by atoms with Crippen LogP contribution in [0, 0.1) is 11.8 Å². The van der Waals surface area contributed by atoms with E-state index < -0.39 is 0 Å². The summed E-state index contributed by atoms with van der Waals surface area (Å²) >= 11 is 0. The molecule has 0 saturated heterocycles. The third-order valence-corrected chi connectivity index (χ3v) is 3.94. The van der Waals surface area contributed by atoms with Crippen molar-refractivity contribution in [2.45, 2.75) is 58.4 Å². The molecule has 0 spiro atoms. The highest BCUT2D eigenvalue weighted by Gasteiger charge is 2.25. The third kappa shape index (κ3) is 4.12. The molecule has 1 aliphatic carbocycles. The van der Waals surface area contributed by atoms with Crippen molar-refractivity contribution in [2.75, 3.05) is 6.54 Å². The van der Waals surface area contributed by atoms with E-state index in [1.54, 1.807) is 0 Å². The third-order valence-electron chi connectivity index (χ3n) is 3.94. The van der Waals surface area contributed by atoms with E-state index in [4.69, 9.17) is 5.73 Å². The molecule has 1 rings (SSSR count). The summed E-state index contributed by atoms with van der Waals surface area (Å²) in [7, 11) is 0. The fourth-order valence-electron chi connectivity index (χ4n) is 2.66. The van der Waals surface area contributed by atoms with E-state index in [-0.39, 0.29) is 11.9 Å². The zero-order valence-electron chi connectivity index (χ0n) is 10.7. The molecule has 1 amide bonds. The van der Waals surface area contributed by atoms with Gasteiger partial charge in [0.2, 0.25) is 5.91 Å². The van der Waals surface area contributed by atoms with Crippen molar-refractivity contribution < 1.29 is 4.79 Å². The number of nitrogens with one attached hydrogen (secondary N) is 1. The molecule has 1 saturated carbocycles. The molecular formula is C13H26N2O. The molecule has 0 aromatic heterocycles. The summed E-state index contributed by atoms with van der Waals surface area (Å²) in [4.78, 5) is 11.4. The van der Waals surface area contributed by atoms with Crippen LogP contribution < -0.4 is 11.1 Å². The first-order chi connectivity index (χ1) is 7.65. The van der Waals surface area contributed by atoms with Gasteiger partial charge in [0.05, 0.1) is 0 Å². The summed E-state index contributed by atoms with van der Waals surface area (Å²) in [5.41, 5.74) is 5.36. The van der Waals surface area contributed by atoms with Gasteiger partial charge in [-0.1, -0.05) is 39.0 Å². The minimum atomic E-state index is 0.0951. The molecule has 0 radical (unpaired) electrons. The van der Waals surface area contributed by atoms with Gasteiger partial charge in [-0.05, 0) is 18.8 Å². The minimum Gasteiger partial charge on any atom is -0.353 e. The molecule has 2 unspecified atom stereocenters. The van der Waals surface area contributed by atoms with Crippen molar-refractivity contribution in [3.8, 4) is 0 Å². The summed E-state index contributed by atoms with van der Waals surface area (Å²) in [6, 6.07) is 0.280. The second-order valence-electron chi connectivity index (χ2n) is 5.15. The maximum atomic E-state index is 11.4. The van der Waals surface area contributed by atoms with Crippen molar-refractivity contribution in [1.82, 2.24) is 5.32 Å². The number of nitrogens with two attached hydrogens (primary N) is 1. The minimum absolute atomic E-state index is 0.0951. The van der Waals surface area contributed by atoms with Crippen LogP contribution in [0.15, 0.2) is 0 Å². The quantitative estimate of drug-likeness (QED) is 0.754. The summed E-state index contributed by atoms with van der Waals surface area (Å²) in [5.74, 6) is 1.47. The number of hydrogen-bond acceptors (Lipinski definition) is 2. The number of carbonyl (C=O) groups excluding carboxylic acids is 1. The van der Waals surface area contributed by atoms with Gasteiger partial charge >= 0.3 is 0 Å². The van der Waals surface area contributed by atoms with Crippen LogP contribution >= 0.6 is 0 Å². The van der Waals surface area contributed by atoms with E-state index in [0.29, 0.717) is 18.9 Å². The molecule has 0 aliphatic heterocycles. The Morgan fingerprint density at radius 3 is 2.50 bits per heavy atom. The Balaban J connectivity index is 2.33. The first-order valence-corrected chi connectivity index (χ1v) is 6.64. The standard InChI is InChI=1S/C13H26N2O/c1-10(12-6-4-3-5-7-12)11(2)15-13(16)8-9-14/h10-12H,3-9,14H2,1-2H3,(H,15,16). The fourth-order valence-corrected chi connectivity index (χ4v) is 2.66. The summed E-state index contributed by atoms with van der Waals surface area (Å²) in [5, 5.41) is 3.06. The monoisotopic (exact) mass is 226 g/mol. The van der Waals surface area contributed by atoms with Crippen molar-refractivity contribution in [1.29, 1.82) is 0 Å². The van der Waals surface area contributed by atoms with E-state index in [9.17, 15) is 4.79 Å². The van der Waals surface area contributed by atoms with Crippen molar-refractivity contribution in [3.05, 3.63) is 0 Å². The highest BCUT2D eigenvalue weighted by atomic mass is 16.1. The molecule has 3 N–H and O–H groups in total. The smallest absolute Gasteiger partial charge is 0.221 e. The van der Waals surface area contributed by atoms with Gasteiger partial charge in [-0.15, -0.1) is 0 Å². The Morgan fingerprint density at radius 2 is 1.94 bits per heavy atom. The number of amides is 1. The molecule has 3 nitrogen and oxygen atoms in total. The van der Waals surface area contributed by atoms with E-state index in [1.165, 1.54) is 32.1 Å². The Bertz CT molecular complexity index is 212. The summed E-state index contributed by atoms with van der Waals surface area (Å²) < 4.78 is 0. The Labute approximate surface area is 99.2 Å². The lowest BCUT2D eigenvalue weighted by Crippen LogP contribution is -2.40. The maximum absolute atomic E-state index is 11.4. The van der Waals surface area contributed by atoms with E-state index in [1.807, 2.05) is 0 Å². The summed E-state index contributed by atoms with van der Waals surface area (Å²) in [6.07, 6.45) is 7.21. The van der Waals surface area contributed by atoms with Crippen LogP contribution in [-0.4, -0.2) is 18.5 Å². The molecule has 0 bridgehead atoms.